The molecule has 2 fully saturated rings. The Kier molecular flexibility index (Phi) is 8.86. The van der Waals surface area contributed by atoms with E-state index in [4.69, 9.17) is 14.2 Å². The number of carbonyl (C=O) groups excluding carboxylic acids is 3. The van der Waals surface area contributed by atoms with E-state index in [2.05, 4.69) is 10.2 Å². The molecule has 3 aromatic carbocycles. The molecule has 3 aliphatic rings. The molecule has 3 aromatic rings. The number of ether oxygens (including phenoxy) is 3. The Morgan fingerprint density at radius 1 is 0.978 bits per heavy atom. The number of hydrogen-bond acceptors (Lipinski definition) is 8. The Morgan fingerprint density at radius 3 is 2.33 bits per heavy atom. The zero-order valence-corrected chi connectivity index (χ0v) is 25.2. The summed E-state index contributed by atoms with van der Waals surface area (Å²) in [5.74, 6) is -0.668. The molecule has 6 rings (SSSR count). The number of nitrogens with one attached hydrogen (secondary N) is 1. The number of nitrogens with zero attached hydrogens (tertiary/aromatic N) is 2. The van der Waals surface area contributed by atoms with Crippen molar-refractivity contribution in [2.24, 2.45) is 0 Å². The number of para-hydroxylation sites is 1. The Hall–Kier alpha value is -4.67. The van der Waals surface area contributed by atoms with Crippen LogP contribution in [0.1, 0.15) is 52.2 Å². The number of allylic oxidation sites excluding steroid dienone is 1. The fourth-order valence-electron chi connectivity index (χ4n) is 6.33. The minimum Gasteiger partial charge on any atom is -0.465 e. The summed E-state index contributed by atoms with van der Waals surface area (Å²) >= 11 is 0. The number of likely N-dealkylation sites (tertiary alicyclic amines) is 1. The third kappa shape index (κ3) is 6.29. The normalized spacial score (nSPS) is 20.8. The van der Waals surface area contributed by atoms with Crippen molar-refractivity contribution >= 4 is 23.5 Å². The number of methoxy groups -OCH3 is 1. The molecule has 3 heterocycles. The number of piperidine rings is 1. The molecule has 0 unspecified atom stereocenters. The van der Waals surface area contributed by atoms with E-state index in [0.717, 1.165) is 22.4 Å². The second kappa shape index (κ2) is 13.1. The fourth-order valence-corrected chi connectivity index (χ4v) is 6.33. The van der Waals surface area contributed by atoms with Crippen LogP contribution in [0, 0.1) is 0 Å². The quantitative estimate of drug-likeness (QED) is 0.369. The minimum atomic E-state index is -0.707. The minimum absolute atomic E-state index is 0.0115. The molecular formula is C35H37N3O7. The lowest BCUT2D eigenvalue weighted by Gasteiger charge is -2.43. The number of carbonyl (C=O) groups is 3. The van der Waals surface area contributed by atoms with Gasteiger partial charge in [-0.05, 0) is 59.9 Å². The highest BCUT2D eigenvalue weighted by Crippen LogP contribution is 2.38. The summed E-state index contributed by atoms with van der Waals surface area (Å²) in [6.07, 6.45) is 2.60. The topological polar surface area (TPSA) is 118 Å². The van der Waals surface area contributed by atoms with Gasteiger partial charge in [-0.1, -0.05) is 54.6 Å². The van der Waals surface area contributed by atoms with Gasteiger partial charge in [-0.2, -0.15) is 0 Å². The zero-order chi connectivity index (χ0) is 31.4. The van der Waals surface area contributed by atoms with E-state index < -0.39 is 17.8 Å². The average molecular weight is 612 g/mol. The van der Waals surface area contributed by atoms with Crippen LogP contribution >= 0.6 is 0 Å². The summed E-state index contributed by atoms with van der Waals surface area (Å²) in [6, 6.07) is 24.4. The molecule has 2 amide bonds. The van der Waals surface area contributed by atoms with Gasteiger partial charge < -0.3 is 34.4 Å². The monoisotopic (exact) mass is 611 g/mol. The summed E-state index contributed by atoms with van der Waals surface area (Å²) < 4.78 is 17.2. The first-order valence-electron chi connectivity index (χ1n) is 15.2. The number of benzene rings is 3. The van der Waals surface area contributed by atoms with E-state index >= 15 is 0 Å². The number of hydrogen-bond donors (Lipinski definition) is 2. The molecule has 0 saturated carbocycles. The molecule has 0 bridgehead atoms. The summed E-state index contributed by atoms with van der Waals surface area (Å²) in [5, 5.41) is 12.4. The van der Waals surface area contributed by atoms with E-state index in [9.17, 15) is 19.5 Å². The fraction of sp³-hybridized carbons (Fsp3) is 0.343. The number of aliphatic hydroxyl groups excluding tert-OH is 1. The van der Waals surface area contributed by atoms with Gasteiger partial charge in [0.15, 0.2) is 5.76 Å². The molecule has 10 nitrogen and oxygen atoms in total. The molecule has 234 valence electrons. The highest BCUT2D eigenvalue weighted by molar-refractivity contribution is 5.95. The van der Waals surface area contributed by atoms with Gasteiger partial charge in [-0.25, -0.2) is 4.79 Å². The molecule has 0 aromatic heterocycles. The predicted octanol–water partition coefficient (Wildman–Crippen LogP) is 3.85. The van der Waals surface area contributed by atoms with E-state index in [-0.39, 0.29) is 36.7 Å². The van der Waals surface area contributed by atoms with Crippen molar-refractivity contribution in [3.8, 4) is 0 Å². The number of amides is 2. The smallest absolute Gasteiger partial charge is 0.337 e. The van der Waals surface area contributed by atoms with Crippen LogP contribution in [-0.4, -0.2) is 66.5 Å². The third-order valence-corrected chi connectivity index (χ3v) is 8.95. The predicted molar refractivity (Wildman–Crippen MR) is 166 cm³/mol. The largest absolute Gasteiger partial charge is 0.465 e. The maximum absolute atomic E-state index is 13.9. The molecule has 0 radical (unpaired) electrons. The van der Waals surface area contributed by atoms with Gasteiger partial charge in [0.25, 0.3) is 5.91 Å². The van der Waals surface area contributed by atoms with Crippen LogP contribution in [0.4, 0.5) is 5.69 Å². The average Bonchev–Trinajstić information content (AvgIpc) is 3.41. The van der Waals surface area contributed by atoms with Crippen LogP contribution in [0.5, 0.6) is 0 Å². The Morgan fingerprint density at radius 2 is 1.67 bits per heavy atom. The van der Waals surface area contributed by atoms with Gasteiger partial charge in [0.05, 0.1) is 32.6 Å². The van der Waals surface area contributed by atoms with Gasteiger partial charge in [0.2, 0.25) is 12.2 Å². The van der Waals surface area contributed by atoms with Crippen LogP contribution in [0.25, 0.3) is 0 Å². The molecule has 2 N–H and O–H groups in total. The highest BCUT2D eigenvalue weighted by Gasteiger charge is 2.51. The molecule has 1 spiro atoms. The Balaban J connectivity index is 1.19. The van der Waals surface area contributed by atoms with Crippen molar-refractivity contribution in [3.63, 3.8) is 0 Å². The highest BCUT2D eigenvalue weighted by atomic mass is 16.7. The second-order valence-corrected chi connectivity index (χ2v) is 11.6. The van der Waals surface area contributed by atoms with Crippen LogP contribution in [0.15, 0.2) is 90.7 Å². The Bertz CT molecular complexity index is 1550. The maximum atomic E-state index is 13.9. The third-order valence-electron chi connectivity index (χ3n) is 8.95. The van der Waals surface area contributed by atoms with Crippen LogP contribution in [-0.2, 0) is 37.0 Å². The molecule has 2 saturated heterocycles. The summed E-state index contributed by atoms with van der Waals surface area (Å²) in [5.41, 5.74) is 3.34. The van der Waals surface area contributed by atoms with Crippen molar-refractivity contribution in [2.45, 2.75) is 50.2 Å². The van der Waals surface area contributed by atoms with Gasteiger partial charge in [0, 0.05) is 31.1 Å². The molecule has 10 heteroatoms. The first-order valence-corrected chi connectivity index (χ1v) is 15.2. The van der Waals surface area contributed by atoms with Crippen molar-refractivity contribution in [1.82, 2.24) is 10.2 Å². The van der Waals surface area contributed by atoms with E-state index in [0.29, 0.717) is 44.6 Å². The lowest BCUT2D eigenvalue weighted by molar-refractivity contribution is -0.157. The van der Waals surface area contributed by atoms with Crippen molar-refractivity contribution in [3.05, 3.63) is 113 Å². The number of anilines is 1. The van der Waals surface area contributed by atoms with Crippen LogP contribution in [0.2, 0.25) is 0 Å². The lowest BCUT2D eigenvalue weighted by atomic mass is 9.85. The van der Waals surface area contributed by atoms with Crippen molar-refractivity contribution < 1.29 is 33.7 Å². The van der Waals surface area contributed by atoms with Gasteiger partial charge in [-0.15, -0.1) is 0 Å². The first kappa shape index (κ1) is 30.4. The first-order chi connectivity index (χ1) is 21.9. The Labute approximate surface area is 262 Å². The van der Waals surface area contributed by atoms with Crippen molar-refractivity contribution in [2.75, 3.05) is 31.8 Å². The van der Waals surface area contributed by atoms with Gasteiger partial charge in [0.1, 0.15) is 5.54 Å². The summed E-state index contributed by atoms with van der Waals surface area (Å²) in [6.45, 7) is 1.47. The van der Waals surface area contributed by atoms with Crippen LogP contribution in [0.3, 0.4) is 0 Å². The SMILES string of the molecule is COC(=O)c1ccc([C@@H]2C=C(C(=O)N3CCC4(CC3)C(=O)NCN4c3ccccc3)O[C@H](OCc3ccc(CO)cc3)C2)cc1. The van der Waals surface area contributed by atoms with Crippen LogP contribution < -0.4 is 10.2 Å². The molecule has 45 heavy (non-hydrogen) atoms. The molecule has 2 atom stereocenters. The standard InChI is InChI=1S/C35H37N3O7/c1-43-33(41)27-13-11-26(12-14-27)28-19-30(45-31(20-28)44-22-25-9-7-24(21-39)8-10-25)32(40)37-17-15-35(16-18-37)34(42)36-23-38(35)29-5-3-2-4-6-29/h2-14,19,28,31,39H,15-18,20-23H2,1H3,(H,36,42)/t28-,31+/m1/s1. The van der Waals surface area contributed by atoms with Gasteiger partial charge in [-0.3, -0.25) is 9.59 Å². The zero-order valence-electron chi connectivity index (χ0n) is 25.2. The van der Waals surface area contributed by atoms with Gasteiger partial charge >= 0.3 is 5.97 Å². The van der Waals surface area contributed by atoms with E-state index in [1.807, 2.05) is 72.8 Å². The number of rotatable bonds is 8. The number of aliphatic hydroxyl groups is 1. The van der Waals surface area contributed by atoms with Crippen molar-refractivity contribution in [1.29, 1.82) is 0 Å². The number of esters is 1. The second-order valence-electron chi connectivity index (χ2n) is 11.6. The summed E-state index contributed by atoms with van der Waals surface area (Å²) in [4.78, 5) is 42.9. The molecule has 0 aliphatic carbocycles. The van der Waals surface area contributed by atoms with E-state index in [1.165, 1.54) is 7.11 Å². The van der Waals surface area contributed by atoms with E-state index in [1.54, 1.807) is 17.0 Å². The molecular weight excluding hydrogens is 574 g/mol. The summed E-state index contributed by atoms with van der Waals surface area (Å²) in [7, 11) is 1.34. The maximum Gasteiger partial charge on any atom is 0.337 e. The molecule has 3 aliphatic heterocycles. The lowest BCUT2D eigenvalue weighted by Crippen LogP contribution is -2.57.